The van der Waals surface area contributed by atoms with Crippen molar-refractivity contribution in [3.63, 3.8) is 0 Å². The number of imidazole rings is 1. The highest BCUT2D eigenvalue weighted by Gasteiger charge is 2.13. The van der Waals surface area contributed by atoms with E-state index in [2.05, 4.69) is 25.5 Å². The molecule has 4 aromatic rings. The number of nitrogens with one attached hydrogen (secondary N) is 1. The van der Waals surface area contributed by atoms with E-state index in [0.29, 0.717) is 22.9 Å². The summed E-state index contributed by atoms with van der Waals surface area (Å²) in [6, 6.07) is 12.3. The lowest BCUT2D eigenvalue weighted by molar-refractivity contribution is 0.276. The van der Waals surface area contributed by atoms with Gasteiger partial charge in [0, 0.05) is 12.2 Å². The van der Waals surface area contributed by atoms with Crippen LogP contribution in [0.4, 0.5) is 10.2 Å². The van der Waals surface area contributed by atoms with Crippen LogP contribution >= 0.6 is 0 Å². The van der Waals surface area contributed by atoms with Crippen molar-refractivity contribution < 1.29 is 9.50 Å². The molecule has 0 fully saturated rings. The van der Waals surface area contributed by atoms with E-state index < -0.39 is 0 Å². The van der Waals surface area contributed by atoms with E-state index in [1.54, 1.807) is 18.5 Å². The van der Waals surface area contributed by atoms with Crippen LogP contribution in [0.25, 0.3) is 17.1 Å². The zero-order chi connectivity index (χ0) is 22.7. The molecule has 3 aromatic heterocycles. The molecular formula is C24H25FN6O. The maximum atomic E-state index is 13.1. The van der Waals surface area contributed by atoms with Gasteiger partial charge in [0.25, 0.3) is 0 Å². The molecular weight excluding hydrogens is 407 g/mol. The predicted octanol–water partition coefficient (Wildman–Crippen LogP) is 4.02. The van der Waals surface area contributed by atoms with Crippen LogP contribution < -0.4 is 5.32 Å². The van der Waals surface area contributed by atoms with Crippen LogP contribution in [-0.2, 0) is 13.0 Å². The van der Waals surface area contributed by atoms with Crippen molar-refractivity contribution in [2.24, 2.45) is 0 Å². The average Bonchev–Trinajstić information content (AvgIpc) is 3.22. The maximum Gasteiger partial charge on any atom is 0.151 e. The maximum absolute atomic E-state index is 13.1. The summed E-state index contributed by atoms with van der Waals surface area (Å²) in [6.45, 7) is 5.71. The highest BCUT2D eigenvalue weighted by Crippen LogP contribution is 2.23. The van der Waals surface area contributed by atoms with Crippen molar-refractivity contribution in [2.45, 2.75) is 39.8 Å². The minimum absolute atomic E-state index is 0.0938. The number of anilines is 1. The molecule has 0 amide bonds. The lowest BCUT2D eigenvalue weighted by Gasteiger charge is -2.16. The number of hydrogen-bond acceptors (Lipinski definition) is 6. The number of halogens is 1. The number of rotatable bonds is 7. The van der Waals surface area contributed by atoms with E-state index in [9.17, 15) is 9.50 Å². The summed E-state index contributed by atoms with van der Waals surface area (Å²) in [7, 11) is 0. The van der Waals surface area contributed by atoms with Gasteiger partial charge in [0.15, 0.2) is 5.82 Å². The van der Waals surface area contributed by atoms with Crippen LogP contribution in [-0.4, -0.2) is 35.9 Å². The SMILES string of the molecule is Cc1cn(-c2ccc(-c3cc(C)c(NC(C)Cc4ccc(F)cc4)nn3)nc2CO)cn1. The van der Waals surface area contributed by atoms with Gasteiger partial charge >= 0.3 is 0 Å². The van der Waals surface area contributed by atoms with E-state index in [-0.39, 0.29) is 18.5 Å². The van der Waals surface area contributed by atoms with Crippen molar-refractivity contribution >= 4 is 5.82 Å². The highest BCUT2D eigenvalue weighted by molar-refractivity contribution is 5.60. The monoisotopic (exact) mass is 432 g/mol. The Balaban J connectivity index is 1.52. The van der Waals surface area contributed by atoms with Crippen LogP contribution in [0.3, 0.4) is 0 Å². The lowest BCUT2D eigenvalue weighted by atomic mass is 10.1. The van der Waals surface area contributed by atoms with E-state index in [1.165, 1.54) is 12.1 Å². The van der Waals surface area contributed by atoms with Gasteiger partial charge in [0.05, 0.1) is 35.7 Å². The standard InChI is InChI=1S/C24H25FN6O/c1-15-10-21(20-8-9-23(22(13-32)28-20)31-12-17(3)26-14-31)29-30-24(15)27-16(2)11-18-4-6-19(25)7-5-18/h4-10,12,14,16,32H,11,13H2,1-3H3,(H,27,30). The molecule has 8 heteroatoms. The molecule has 4 rings (SSSR count). The first-order chi connectivity index (χ1) is 15.4. The van der Waals surface area contributed by atoms with Gasteiger partial charge in [-0.05, 0) is 68.7 Å². The number of aryl methyl sites for hydroxylation is 2. The van der Waals surface area contributed by atoms with Gasteiger partial charge in [-0.3, -0.25) is 0 Å². The van der Waals surface area contributed by atoms with E-state index in [1.807, 2.05) is 49.7 Å². The number of aliphatic hydroxyl groups is 1. The molecule has 1 atom stereocenters. The second-order valence-electron chi connectivity index (χ2n) is 7.88. The lowest BCUT2D eigenvalue weighted by Crippen LogP contribution is -2.20. The molecule has 0 spiro atoms. The van der Waals surface area contributed by atoms with Crippen LogP contribution in [0, 0.1) is 19.7 Å². The van der Waals surface area contributed by atoms with Gasteiger partial charge in [-0.25, -0.2) is 14.4 Å². The first-order valence-electron chi connectivity index (χ1n) is 10.4. The third-order valence-electron chi connectivity index (χ3n) is 5.17. The molecule has 0 aliphatic carbocycles. The van der Waals surface area contributed by atoms with Crippen LogP contribution in [0.1, 0.15) is 29.4 Å². The third-order valence-corrected chi connectivity index (χ3v) is 5.17. The van der Waals surface area contributed by atoms with E-state index in [0.717, 1.165) is 28.9 Å². The molecule has 7 nitrogen and oxygen atoms in total. The predicted molar refractivity (Wildman–Crippen MR) is 121 cm³/mol. The zero-order valence-corrected chi connectivity index (χ0v) is 18.2. The molecule has 164 valence electrons. The quantitative estimate of drug-likeness (QED) is 0.459. The van der Waals surface area contributed by atoms with Gasteiger partial charge in [-0.2, -0.15) is 0 Å². The summed E-state index contributed by atoms with van der Waals surface area (Å²) in [4.78, 5) is 8.82. The summed E-state index contributed by atoms with van der Waals surface area (Å²) in [5, 5.41) is 21.9. The van der Waals surface area contributed by atoms with Crippen LogP contribution in [0.5, 0.6) is 0 Å². The number of aromatic nitrogens is 5. The molecule has 0 aliphatic rings. The fraction of sp³-hybridized carbons (Fsp3) is 0.250. The highest BCUT2D eigenvalue weighted by atomic mass is 19.1. The fourth-order valence-corrected chi connectivity index (χ4v) is 3.55. The van der Waals surface area contributed by atoms with Gasteiger partial charge in [-0.1, -0.05) is 12.1 Å². The normalized spacial score (nSPS) is 12.0. The summed E-state index contributed by atoms with van der Waals surface area (Å²) >= 11 is 0. The second kappa shape index (κ2) is 9.23. The summed E-state index contributed by atoms with van der Waals surface area (Å²) in [5.41, 5.74) is 5.43. The Kier molecular flexibility index (Phi) is 6.23. The van der Waals surface area contributed by atoms with Crippen LogP contribution in [0.15, 0.2) is 55.0 Å². The smallest absolute Gasteiger partial charge is 0.151 e. The van der Waals surface area contributed by atoms with Gasteiger partial charge < -0.3 is 15.0 Å². The number of pyridine rings is 1. The molecule has 1 unspecified atom stereocenters. The molecule has 0 radical (unpaired) electrons. The number of nitrogens with zero attached hydrogens (tertiary/aromatic N) is 5. The zero-order valence-electron chi connectivity index (χ0n) is 18.2. The van der Waals surface area contributed by atoms with Gasteiger partial charge in [0.2, 0.25) is 0 Å². The van der Waals surface area contributed by atoms with Crippen molar-refractivity contribution in [2.75, 3.05) is 5.32 Å². The van der Waals surface area contributed by atoms with Gasteiger partial charge in [0.1, 0.15) is 11.5 Å². The van der Waals surface area contributed by atoms with Crippen molar-refractivity contribution in [1.29, 1.82) is 0 Å². The molecule has 0 aliphatic heterocycles. The molecule has 2 N–H and O–H groups in total. The van der Waals surface area contributed by atoms with E-state index >= 15 is 0 Å². The number of aliphatic hydroxyl groups excluding tert-OH is 1. The Labute approximate surface area is 186 Å². The largest absolute Gasteiger partial charge is 0.390 e. The molecule has 0 bridgehead atoms. The van der Waals surface area contributed by atoms with Crippen molar-refractivity contribution in [3.8, 4) is 17.1 Å². The molecule has 32 heavy (non-hydrogen) atoms. The Morgan fingerprint density at radius 1 is 1.06 bits per heavy atom. The second-order valence-corrected chi connectivity index (χ2v) is 7.88. The third kappa shape index (κ3) is 4.81. The molecule has 3 heterocycles. The van der Waals surface area contributed by atoms with Crippen molar-refractivity contribution in [3.05, 3.63) is 83.3 Å². The summed E-state index contributed by atoms with van der Waals surface area (Å²) in [5.74, 6) is 0.453. The Bertz CT molecular complexity index is 1220. The Morgan fingerprint density at radius 2 is 1.84 bits per heavy atom. The minimum Gasteiger partial charge on any atom is -0.390 e. The molecule has 0 saturated heterocycles. The fourth-order valence-electron chi connectivity index (χ4n) is 3.55. The van der Waals surface area contributed by atoms with Crippen molar-refractivity contribution in [1.82, 2.24) is 24.7 Å². The Morgan fingerprint density at radius 3 is 2.50 bits per heavy atom. The Hall–Kier alpha value is -3.65. The first kappa shape index (κ1) is 21.6. The van der Waals surface area contributed by atoms with E-state index in [4.69, 9.17) is 0 Å². The number of hydrogen-bond donors (Lipinski definition) is 2. The average molecular weight is 433 g/mol. The molecule has 0 saturated carbocycles. The topological polar surface area (TPSA) is 88.8 Å². The first-order valence-corrected chi connectivity index (χ1v) is 10.4. The van der Waals surface area contributed by atoms with Gasteiger partial charge in [-0.15, -0.1) is 10.2 Å². The summed E-state index contributed by atoms with van der Waals surface area (Å²) < 4.78 is 14.9. The minimum atomic E-state index is -0.238. The summed E-state index contributed by atoms with van der Waals surface area (Å²) in [6.07, 6.45) is 4.32. The van der Waals surface area contributed by atoms with Crippen LogP contribution in [0.2, 0.25) is 0 Å². The molecule has 1 aromatic carbocycles. The number of benzene rings is 1.